The summed E-state index contributed by atoms with van der Waals surface area (Å²) in [5.74, 6) is 3.52. The summed E-state index contributed by atoms with van der Waals surface area (Å²) in [4.78, 5) is 48.7. The Bertz CT molecular complexity index is 3950. The van der Waals surface area contributed by atoms with Gasteiger partial charge < -0.3 is 68.7 Å². The van der Waals surface area contributed by atoms with Crippen LogP contribution in [-0.4, -0.2) is 174 Å². The van der Waals surface area contributed by atoms with E-state index in [1.807, 2.05) is 104 Å². The number of nitrogens with one attached hydrogen (secondary N) is 2. The Hall–Kier alpha value is -6.77. The molecule has 20 atom stereocenters. The molecule has 0 radical (unpaired) electrons. The first-order valence-corrected chi connectivity index (χ1v) is 33.8. The Balaban J connectivity index is 0.000000161. The summed E-state index contributed by atoms with van der Waals surface area (Å²) in [6.45, 7) is 10.4. The number of carbonyl (C=O) groups excluding carboxylic acids is 1. The maximum Gasteiger partial charge on any atom is 0.331 e. The monoisotopic (exact) mass is 1310 g/mol. The predicted octanol–water partition coefficient (Wildman–Crippen LogP) is 8.66. The molecule has 0 unspecified atom stereocenters. The lowest BCUT2D eigenvalue weighted by Gasteiger charge is -2.64. The number of benzene rings is 4. The third kappa shape index (κ3) is 11.2. The van der Waals surface area contributed by atoms with E-state index in [0.29, 0.717) is 64.3 Å². The van der Waals surface area contributed by atoms with E-state index < -0.39 is 79.4 Å². The van der Waals surface area contributed by atoms with Crippen LogP contribution in [0.2, 0.25) is 0 Å². The fraction of sp³-hybridized carbons (Fsp3) is 0.521. The summed E-state index contributed by atoms with van der Waals surface area (Å²) in [5, 5.41) is 58.8. The molecular weight excluding hydrogens is 1220 g/mol. The predicted molar refractivity (Wildman–Crippen MR) is 359 cm³/mol. The molecule has 7 fully saturated rings. The molecule has 3 aromatic heterocycles. The normalized spacial score (nSPS) is 36.3. The van der Waals surface area contributed by atoms with E-state index in [2.05, 4.69) is 23.8 Å². The van der Waals surface area contributed by atoms with E-state index in [1.54, 1.807) is 19.9 Å². The lowest BCUT2D eigenvalue weighted by atomic mass is 9.43. The molecular formula is C73H86N8O13Si. The molecule has 7 N–H and O–H groups in total. The largest absolute Gasteiger partial charge is 0.458 e. The minimum atomic E-state index is -0.996. The van der Waals surface area contributed by atoms with Crippen LogP contribution in [0.15, 0.2) is 109 Å². The highest BCUT2D eigenvalue weighted by atomic mass is 28.1. The van der Waals surface area contributed by atoms with Crippen LogP contribution < -0.4 is 0 Å². The van der Waals surface area contributed by atoms with Gasteiger partial charge in [0.1, 0.15) is 47.5 Å². The number of aromatic nitrogens is 8. The molecule has 4 aromatic carbocycles. The van der Waals surface area contributed by atoms with Crippen molar-refractivity contribution in [3.05, 3.63) is 109 Å². The van der Waals surface area contributed by atoms with Gasteiger partial charge >= 0.3 is 5.97 Å². The third-order valence-electron chi connectivity index (χ3n) is 23.3. The van der Waals surface area contributed by atoms with Crippen molar-refractivity contribution in [2.45, 2.75) is 197 Å². The van der Waals surface area contributed by atoms with E-state index >= 15 is 0 Å². The number of esters is 1. The van der Waals surface area contributed by atoms with Crippen LogP contribution in [0.3, 0.4) is 0 Å². The molecule has 0 spiro atoms. The molecule has 10 aliphatic rings. The van der Waals surface area contributed by atoms with Crippen molar-refractivity contribution in [3.8, 4) is 45.6 Å². The van der Waals surface area contributed by atoms with E-state index in [0.717, 1.165) is 107 Å². The molecule has 4 aliphatic carbocycles. The molecule has 21 nitrogen and oxygen atoms in total. The van der Waals surface area contributed by atoms with E-state index in [9.17, 15) is 30.3 Å². The molecule has 17 rings (SSSR count). The molecule has 7 aromatic rings. The minimum Gasteiger partial charge on any atom is -0.458 e. The van der Waals surface area contributed by atoms with E-state index in [-0.39, 0.29) is 65.0 Å². The van der Waals surface area contributed by atoms with Gasteiger partial charge in [0.25, 0.3) is 0 Å². The average molecular weight is 1310 g/mol. The Morgan fingerprint density at radius 2 is 0.958 bits per heavy atom. The van der Waals surface area contributed by atoms with Crippen LogP contribution >= 0.6 is 0 Å². The van der Waals surface area contributed by atoms with Crippen LogP contribution in [0.4, 0.5) is 0 Å². The van der Waals surface area contributed by atoms with Crippen molar-refractivity contribution in [2.24, 2.45) is 34.5 Å². The van der Waals surface area contributed by atoms with Gasteiger partial charge in [-0.15, -0.1) is 0 Å². The number of aromatic amines is 2. The SMILES string of the molecule is C[C@H]1O[C@@H](O[C@H]2[C@@H](O)C[C@H](O[C@H]3[C@@H](O)C[C@H](O[C@H]4CC[C@@]5(C)[C@H](CC[C@@H]6[C@@H]5CC[C@]5(C)[C@@H](C7=CC(=O)OC7)CC[C@]65O)C4)O[C@@H]3C)O[C@@H]2C)C[C@H](O)[C@@H]1O.[SiH4].c1ccc2c(c1)-c1nc-2nc2[nH]c(nc3nc(nc4[nH]c(n1)c1ccccc41)-c1ccccc1-3)c1ccccc21. The van der Waals surface area contributed by atoms with Gasteiger partial charge in [0.15, 0.2) is 42.2 Å². The Morgan fingerprint density at radius 1 is 0.505 bits per heavy atom. The lowest BCUT2D eigenvalue weighted by Crippen LogP contribution is -2.62. The van der Waals surface area contributed by atoms with Gasteiger partial charge in [0.2, 0.25) is 0 Å². The molecule has 500 valence electrons. The Labute approximate surface area is 554 Å². The number of hydrogen-bond donors (Lipinski definition) is 7. The fourth-order valence-corrected chi connectivity index (χ4v) is 18.4. The number of carbonyl (C=O) groups is 1. The van der Waals surface area contributed by atoms with Crippen LogP contribution in [-0.2, 0) is 38.0 Å². The lowest BCUT2D eigenvalue weighted by molar-refractivity contribution is -0.336. The second-order valence-corrected chi connectivity index (χ2v) is 28.5. The van der Waals surface area contributed by atoms with Crippen molar-refractivity contribution < 1.29 is 63.5 Å². The van der Waals surface area contributed by atoms with Crippen molar-refractivity contribution in [1.82, 2.24) is 39.9 Å². The summed E-state index contributed by atoms with van der Waals surface area (Å²) in [7, 11) is 0. The summed E-state index contributed by atoms with van der Waals surface area (Å²) in [6, 6.07) is 32.2. The minimum absolute atomic E-state index is 0. The number of aliphatic hydroxyl groups is 5. The zero-order chi connectivity index (χ0) is 64.5. The van der Waals surface area contributed by atoms with Gasteiger partial charge in [-0.25, -0.2) is 34.7 Å². The highest BCUT2D eigenvalue weighted by molar-refractivity contribution is 6.06. The maximum atomic E-state index is 12.6. The summed E-state index contributed by atoms with van der Waals surface area (Å²) in [5.41, 5.74) is 6.66. The first-order valence-electron chi connectivity index (χ1n) is 33.8. The summed E-state index contributed by atoms with van der Waals surface area (Å²) in [6.07, 6.45) is 1.90. The smallest absolute Gasteiger partial charge is 0.331 e. The second kappa shape index (κ2) is 24.9. The Kier molecular flexibility index (Phi) is 16.9. The highest BCUT2D eigenvalue weighted by Gasteiger charge is 2.68. The number of fused-ring (bicyclic) bond motifs is 25. The van der Waals surface area contributed by atoms with Crippen molar-refractivity contribution in [1.29, 1.82) is 0 Å². The number of rotatable bonds is 7. The van der Waals surface area contributed by atoms with Crippen LogP contribution in [0.25, 0.3) is 89.7 Å². The molecule has 3 saturated heterocycles. The topological polar surface area (TPSA) is 292 Å². The number of hydrogen-bond acceptors (Lipinski definition) is 19. The zero-order valence-electron chi connectivity index (χ0n) is 53.5. The molecule has 95 heavy (non-hydrogen) atoms. The standard InChI is InChI=1S/C41H64O13.C32H18N8.H4Si/c1-20-36(46)29(42)16-34(49-20)53-38-22(3)51-35(18-31(38)44)54-37-21(2)50-33(17-30(37)43)52-25-8-11-39(4)24(15-25)6-7-28-27(39)9-12-40(5)26(10-13-41(28,40)47)23-14-32(45)48-19-23;1-2-10-18-17(9-1)25-33-26(18)38-28-21-13-5-6-14-22(21)30(35-28)40-32-24-16-8-7-15-23(24)31(36-32)39-29-20-12-4-3-11-19(20)27(34-29)37-25;/h14,20-22,24-31,33-38,42-44,46-47H,6-13,15-19H2,1-5H3;1-16H,(H2,33,34,35,36,37,38,39,40);1H4/t20-,21-,22-,24-,25+,26-,27+,28-,29+,30+,31+,33+,34+,35+,36-,37-,38-,39+,40-,41+;;/m1../s1. The molecule has 8 bridgehead atoms. The van der Waals surface area contributed by atoms with E-state index in [1.165, 1.54) is 0 Å². The quantitative estimate of drug-likeness (QED) is 0.0446. The second-order valence-electron chi connectivity index (χ2n) is 28.5. The van der Waals surface area contributed by atoms with Crippen molar-refractivity contribution in [3.63, 3.8) is 0 Å². The number of nitrogens with zero attached hydrogens (tertiary/aromatic N) is 6. The van der Waals surface area contributed by atoms with Gasteiger partial charge in [0.05, 0.1) is 48.3 Å². The average Bonchev–Trinajstić information content (AvgIpc) is 1.64. The molecule has 9 heterocycles. The third-order valence-corrected chi connectivity index (χ3v) is 23.3. The van der Waals surface area contributed by atoms with Gasteiger partial charge in [-0.2, -0.15) is 0 Å². The van der Waals surface area contributed by atoms with Crippen LogP contribution in [0, 0.1) is 34.5 Å². The number of aliphatic hydroxyl groups excluding tert-OH is 4. The van der Waals surface area contributed by atoms with Gasteiger partial charge in [-0.3, -0.25) is 0 Å². The molecule has 22 heteroatoms. The molecule has 0 amide bonds. The number of H-pyrrole nitrogens is 2. The molecule has 6 aliphatic heterocycles. The van der Waals surface area contributed by atoms with Crippen molar-refractivity contribution >= 4 is 61.1 Å². The highest BCUT2D eigenvalue weighted by Crippen LogP contribution is 2.70. The zero-order valence-corrected chi connectivity index (χ0v) is 53.5. The summed E-state index contributed by atoms with van der Waals surface area (Å²) < 4.78 is 42.2. The van der Waals surface area contributed by atoms with E-state index in [4.69, 9.17) is 63.1 Å². The first-order chi connectivity index (χ1) is 45.4. The summed E-state index contributed by atoms with van der Waals surface area (Å²) >= 11 is 0. The van der Waals surface area contributed by atoms with Gasteiger partial charge in [-0.05, 0) is 124 Å². The molecule has 4 saturated carbocycles. The number of ether oxygens (including phenoxy) is 7. The van der Waals surface area contributed by atoms with Crippen LogP contribution in [0.5, 0.6) is 0 Å². The number of cyclic esters (lactones) is 1. The van der Waals surface area contributed by atoms with Crippen molar-refractivity contribution in [2.75, 3.05) is 6.61 Å². The maximum absolute atomic E-state index is 12.6. The van der Waals surface area contributed by atoms with Gasteiger partial charge in [-0.1, -0.05) is 111 Å². The van der Waals surface area contributed by atoms with Gasteiger partial charge in [0, 0.05) is 74.6 Å². The first kappa shape index (κ1) is 64.2. The van der Waals surface area contributed by atoms with Crippen LogP contribution in [0.1, 0.15) is 112 Å². The Morgan fingerprint density at radius 3 is 1.41 bits per heavy atom. The fourth-order valence-electron chi connectivity index (χ4n) is 18.4.